The molecule has 22 heavy (non-hydrogen) atoms. The number of aromatic nitrogens is 2. The van der Waals surface area contributed by atoms with Crippen molar-refractivity contribution in [2.45, 2.75) is 13.3 Å². The number of benzene rings is 1. The van der Waals surface area contributed by atoms with Crippen molar-refractivity contribution in [2.75, 3.05) is 31.1 Å². The summed E-state index contributed by atoms with van der Waals surface area (Å²) in [7, 11) is 0. The molecule has 0 bridgehead atoms. The Balaban J connectivity index is 1.78. The van der Waals surface area contributed by atoms with Gasteiger partial charge in [-0.1, -0.05) is 24.6 Å². The van der Waals surface area contributed by atoms with Crippen LogP contribution in [0.5, 0.6) is 0 Å². The summed E-state index contributed by atoms with van der Waals surface area (Å²) in [5, 5.41) is 0.704. The van der Waals surface area contributed by atoms with Crippen molar-refractivity contribution in [1.82, 2.24) is 14.5 Å². The molecule has 0 radical (unpaired) electrons. The monoisotopic (exact) mass is 318 g/mol. The van der Waals surface area contributed by atoms with Crippen LogP contribution in [0.4, 0.5) is 5.95 Å². The SMILES string of the molecule is CCC(=O)N1CCN(c2nccn2-c2cccc(Cl)c2)CC1. The third-order valence-corrected chi connectivity index (χ3v) is 4.16. The fourth-order valence-corrected chi connectivity index (χ4v) is 2.92. The highest BCUT2D eigenvalue weighted by atomic mass is 35.5. The normalized spacial score (nSPS) is 15.2. The molecule has 0 N–H and O–H groups in total. The highest BCUT2D eigenvalue weighted by Crippen LogP contribution is 2.22. The summed E-state index contributed by atoms with van der Waals surface area (Å²) in [6.07, 6.45) is 4.29. The van der Waals surface area contributed by atoms with Gasteiger partial charge in [-0.25, -0.2) is 4.98 Å². The molecule has 1 saturated heterocycles. The van der Waals surface area contributed by atoms with Gasteiger partial charge in [0.05, 0.1) is 0 Å². The van der Waals surface area contributed by atoms with Crippen molar-refractivity contribution < 1.29 is 4.79 Å². The molecule has 1 aromatic carbocycles. The van der Waals surface area contributed by atoms with Crippen LogP contribution in [-0.4, -0.2) is 46.5 Å². The van der Waals surface area contributed by atoms with E-state index in [4.69, 9.17) is 11.6 Å². The smallest absolute Gasteiger partial charge is 0.222 e. The molecule has 2 aromatic rings. The Morgan fingerprint density at radius 2 is 2.05 bits per heavy atom. The molecule has 2 heterocycles. The lowest BCUT2D eigenvalue weighted by molar-refractivity contribution is -0.131. The maximum Gasteiger partial charge on any atom is 0.222 e. The van der Waals surface area contributed by atoms with Crippen LogP contribution >= 0.6 is 11.6 Å². The number of amides is 1. The number of carbonyl (C=O) groups is 1. The predicted octanol–water partition coefficient (Wildman–Crippen LogP) is 2.58. The molecule has 0 atom stereocenters. The van der Waals surface area contributed by atoms with E-state index in [0.717, 1.165) is 37.8 Å². The number of halogens is 1. The van der Waals surface area contributed by atoms with Crippen molar-refractivity contribution in [3.8, 4) is 5.69 Å². The molecule has 3 rings (SSSR count). The van der Waals surface area contributed by atoms with E-state index in [0.29, 0.717) is 11.4 Å². The minimum atomic E-state index is 0.220. The maximum atomic E-state index is 11.8. The number of carbonyl (C=O) groups excluding carboxylic acids is 1. The highest BCUT2D eigenvalue weighted by Gasteiger charge is 2.22. The van der Waals surface area contributed by atoms with E-state index in [1.807, 2.05) is 46.9 Å². The van der Waals surface area contributed by atoms with E-state index in [-0.39, 0.29) is 5.91 Å². The Morgan fingerprint density at radius 1 is 1.27 bits per heavy atom. The van der Waals surface area contributed by atoms with E-state index in [1.165, 1.54) is 0 Å². The lowest BCUT2D eigenvalue weighted by atomic mass is 10.3. The third kappa shape index (κ3) is 2.95. The second-order valence-electron chi connectivity index (χ2n) is 5.30. The quantitative estimate of drug-likeness (QED) is 0.873. The summed E-state index contributed by atoms with van der Waals surface area (Å²) in [6, 6.07) is 7.72. The van der Waals surface area contributed by atoms with E-state index < -0.39 is 0 Å². The zero-order valence-corrected chi connectivity index (χ0v) is 13.3. The van der Waals surface area contributed by atoms with Crippen LogP contribution < -0.4 is 4.90 Å². The minimum Gasteiger partial charge on any atom is -0.339 e. The first kappa shape index (κ1) is 14.9. The summed E-state index contributed by atoms with van der Waals surface area (Å²) >= 11 is 6.08. The van der Waals surface area contributed by atoms with Gasteiger partial charge in [0.25, 0.3) is 0 Å². The molecule has 116 valence electrons. The Morgan fingerprint density at radius 3 is 2.73 bits per heavy atom. The number of anilines is 1. The van der Waals surface area contributed by atoms with Gasteiger partial charge in [-0.2, -0.15) is 0 Å². The van der Waals surface area contributed by atoms with Gasteiger partial charge < -0.3 is 9.80 Å². The summed E-state index contributed by atoms with van der Waals surface area (Å²) < 4.78 is 2.03. The van der Waals surface area contributed by atoms with Crippen LogP contribution in [0.3, 0.4) is 0 Å². The number of hydrogen-bond donors (Lipinski definition) is 0. The molecular formula is C16H19ClN4O. The zero-order valence-electron chi connectivity index (χ0n) is 12.6. The summed E-state index contributed by atoms with van der Waals surface area (Å²) in [4.78, 5) is 20.4. The molecule has 0 aliphatic carbocycles. The van der Waals surface area contributed by atoms with Crippen LogP contribution in [0.25, 0.3) is 5.69 Å². The lowest BCUT2D eigenvalue weighted by Crippen LogP contribution is -2.49. The van der Waals surface area contributed by atoms with Gasteiger partial charge in [0.2, 0.25) is 11.9 Å². The van der Waals surface area contributed by atoms with Gasteiger partial charge in [0.1, 0.15) is 0 Å². The van der Waals surface area contributed by atoms with Gasteiger partial charge >= 0.3 is 0 Å². The van der Waals surface area contributed by atoms with Crippen molar-refractivity contribution in [3.63, 3.8) is 0 Å². The molecule has 1 aliphatic rings. The first-order valence-electron chi connectivity index (χ1n) is 7.51. The Labute approximate surface area is 135 Å². The van der Waals surface area contributed by atoms with Gasteiger partial charge in [0.15, 0.2) is 0 Å². The molecule has 1 aliphatic heterocycles. The van der Waals surface area contributed by atoms with Crippen LogP contribution in [0.1, 0.15) is 13.3 Å². The number of imidazole rings is 1. The molecule has 0 spiro atoms. The largest absolute Gasteiger partial charge is 0.339 e. The lowest BCUT2D eigenvalue weighted by Gasteiger charge is -2.35. The second-order valence-corrected chi connectivity index (χ2v) is 5.73. The molecule has 0 saturated carbocycles. The van der Waals surface area contributed by atoms with Crippen molar-refractivity contribution in [3.05, 3.63) is 41.7 Å². The minimum absolute atomic E-state index is 0.220. The molecule has 1 fully saturated rings. The van der Waals surface area contributed by atoms with Gasteiger partial charge in [-0.3, -0.25) is 9.36 Å². The second kappa shape index (κ2) is 6.40. The number of piperazine rings is 1. The molecule has 0 unspecified atom stereocenters. The first-order chi connectivity index (χ1) is 10.7. The number of nitrogens with zero attached hydrogens (tertiary/aromatic N) is 4. The highest BCUT2D eigenvalue weighted by molar-refractivity contribution is 6.30. The topological polar surface area (TPSA) is 41.4 Å². The summed E-state index contributed by atoms with van der Waals surface area (Å²) in [5.41, 5.74) is 0.993. The number of rotatable bonds is 3. The Hall–Kier alpha value is -2.01. The summed E-state index contributed by atoms with van der Waals surface area (Å²) in [5.74, 6) is 1.11. The molecule has 5 nitrogen and oxygen atoms in total. The van der Waals surface area contributed by atoms with Crippen LogP contribution in [0.15, 0.2) is 36.7 Å². The van der Waals surface area contributed by atoms with Crippen molar-refractivity contribution >= 4 is 23.5 Å². The maximum absolute atomic E-state index is 11.8. The average molecular weight is 319 g/mol. The van der Waals surface area contributed by atoms with Gasteiger partial charge in [-0.15, -0.1) is 0 Å². The molecule has 6 heteroatoms. The summed E-state index contributed by atoms with van der Waals surface area (Å²) in [6.45, 7) is 4.98. The van der Waals surface area contributed by atoms with E-state index in [9.17, 15) is 4.79 Å². The standard InChI is InChI=1S/C16H19ClN4O/c1-2-15(22)19-8-10-20(11-9-19)16-18-6-7-21(16)14-5-3-4-13(17)12-14/h3-7,12H,2,8-11H2,1H3. The van der Waals surface area contributed by atoms with Crippen LogP contribution in [-0.2, 0) is 4.79 Å². The van der Waals surface area contributed by atoms with Crippen LogP contribution in [0, 0.1) is 0 Å². The van der Waals surface area contributed by atoms with Crippen LogP contribution in [0.2, 0.25) is 5.02 Å². The van der Waals surface area contributed by atoms with Crippen molar-refractivity contribution in [1.29, 1.82) is 0 Å². The molecule has 1 amide bonds. The number of hydrogen-bond acceptors (Lipinski definition) is 3. The van der Waals surface area contributed by atoms with Gasteiger partial charge in [0, 0.05) is 55.7 Å². The average Bonchev–Trinajstić information content (AvgIpc) is 3.04. The fourth-order valence-electron chi connectivity index (χ4n) is 2.74. The third-order valence-electron chi connectivity index (χ3n) is 3.93. The molecule has 1 aromatic heterocycles. The fraction of sp³-hybridized carbons (Fsp3) is 0.375. The Bertz CT molecular complexity index is 662. The predicted molar refractivity (Wildman–Crippen MR) is 87.7 cm³/mol. The van der Waals surface area contributed by atoms with E-state index >= 15 is 0 Å². The zero-order chi connectivity index (χ0) is 15.5. The van der Waals surface area contributed by atoms with E-state index in [1.54, 1.807) is 6.20 Å². The Kier molecular flexibility index (Phi) is 4.34. The van der Waals surface area contributed by atoms with Crippen molar-refractivity contribution in [2.24, 2.45) is 0 Å². The van der Waals surface area contributed by atoms with E-state index in [2.05, 4.69) is 9.88 Å². The first-order valence-corrected chi connectivity index (χ1v) is 7.89. The molecular weight excluding hydrogens is 300 g/mol. The van der Waals surface area contributed by atoms with Gasteiger partial charge in [-0.05, 0) is 18.2 Å².